The molecule has 0 aliphatic heterocycles. The average Bonchev–Trinajstić information content (AvgIpc) is 2.58. The Hall–Kier alpha value is -1.75. The molecule has 0 saturated heterocycles. The van der Waals surface area contributed by atoms with E-state index in [1.807, 2.05) is 0 Å². The first-order chi connectivity index (χ1) is 13.2. The summed E-state index contributed by atoms with van der Waals surface area (Å²) in [7, 11) is 0. The number of aliphatic carboxylic acids is 1. The topological polar surface area (TPSA) is 75.6 Å². The Morgan fingerprint density at radius 2 is 1.79 bits per heavy atom. The molecule has 2 unspecified atom stereocenters. The van der Waals surface area contributed by atoms with Crippen molar-refractivity contribution in [2.75, 3.05) is 0 Å². The standard InChI is InChI=1S/C22H28ClNO4/c1-21(2,28-17-5-3-16(23)4-6-17)20(27)24-19-14-7-13-8-15(19)11-22(9-13,10-14)12-18(25)26/h3-6,13-15,19H,7-12H2,1-2H3,(H,24,27)(H,25,26). The number of hydrogen-bond acceptors (Lipinski definition) is 3. The third kappa shape index (κ3) is 3.73. The molecule has 4 aliphatic rings. The molecule has 0 aromatic heterocycles. The fourth-order valence-electron chi connectivity index (χ4n) is 6.13. The van der Waals surface area contributed by atoms with Crippen LogP contribution >= 0.6 is 11.6 Å². The zero-order valence-electron chi connectivity index (χ0n) is 16.4. The van der Waals surface area contributed by atoms with Crippen LogP contribution in [0.1, 0.15) is 52.4 Å². The van der Waals surface area contributed by atoms with Gasteiger partial charge in [-0.25, -0.2) is 0 Å². The quantitative estimate of drug-likeness (QED) is 0.740. The van der Waals surface area contributed by atoms with Gasteiger partial charge in [0.25, 0.3) is 5.91 Å². The van der Waals surface area contributed by atoms with Crippen molar-refractivity contribution >= 4 is 23.5 Å². The molecule has 0 radical (unpaired) electrons. The minimum absolute atomic E-state index is 0.0567. The monoisotopic (exact) mass is 405 g/mol. The van der Waals surface area contributed by atoms with Gasteiger partial charge in [-0.15, -0.1) is 0 Å². The largest absolute Gasteiger partial charge is 0.481 e. The third-order valence-corrected chi connectivity index (χ3v) is 7.21. The molecule has 2 atom stereocenters. The highest BCUT2D eigenvalue weighted by Crippen LogP contribution is 2.61. The van der Waals surface area contributed by atoms with E-state index in [0.29, 0.717) is 28.5 Å². The Morgan fingerprint density at radius 3 is 2.36 bits per heavy atom. The summed E-state index contributed by atoms with van der Waals surface area (Å²) in [5.41, 5.74) is -1.06. The molecule has 5 nitrogen and oxygen atoms in total. The van der Waals surface area contributed by atoms with Crippen molar-refractivity contribution in [3.05, 3.63) is 29.3 Å². The molecular weight excluding hydrogens is 378 g/mol. The summed E-state index contributed by atoms with van der Waals surface area (Å²) in [5, 5.41) is 13.2. The maximum atomic E-state index is 13.0. The number of ether oxygens (including phenoxy) is 1. The molecule has 152 valence electrons. The average molecular weight is 406 g/mol. The maximum Gasteiger partial charge on any atom is 0.303 e. The van der Waals surface area contributed by atoms with Crippen molar-refractivity contribution in [2.45, 2.75) is 64.0 Å². The number of rotatable bonds is 6. The fraction of sp³-hybridized carbons (Fsp3) is 0.636. The first-order valence-electron chi connectivity index (χ1n) is 10.1. The summed E-state index contributed by atoms with van der Waals surface area (Å²) in [6.45, 7) is 3.55. The van der Waals surface area contributed by atoms with Crippen LogP contribution < -0.4 is 10.1 Å². The lowest BCUT2D eigenvalue weighted by atomic mass is 9.47. The summed E-state index contributed by atoms with van der Waals surface area (Å²) in [6, 6.07) is 7.13. The minimum Gasteiger partial charge on any atom is -0.481 e. The van der Waals surface area contributed by atoms with Crippen LogP contribution in [0.4, 0.5) is 0 Å². The predicted octanol–water partition coefficient (Wildman–Crippen LogP) is 4.28. The van der Waals surface area contributed by atoms with Crippen LogP contribution in [0.3, 0.4) is 0 Å². The van der Waals surface area contributed by atoms with Gasteiger partial charge in [-0.05, 0) is 93.4 Å². The molecule has 1 aromatic rings. The number of carboxylic acids is 1. The second-order valence-corrected chi connectivity index (χ2v) is 10.0. The number of nitrogens with one attached hydrogen (secondary N) is 1. The van der Waals surface area contributed by atoms with Crippen molar-refractivity contribution in [1.29, 1.82) is 0 Å². The van der Waals surface area contributed by atoms with Crippen LogP contribution in [-0.2, 0) is 9.59 Å². The lowest BCUT2D eigenvalue weighted by Crippen LogP contribution is -2.62. The van der Waals surface area contributed by atoms with Crippen LogP contribution in [0, 0.1) is 23.2 Å². The Bertz CT molecular complexity index is 759. The van der Waals surface area contributed by atoms with Gasteiger partial charge in [-0.2, -0.15) is 0 Å². The number of carboxylic acid groups (broad SMARTS) is 1. The molecule has 2 N–H and O–H groups in total. The lowest BCUT2D eigenvalue weighted by molar-refractivity contribution is -0.150. The first-order valence-corrected chi connectivity index (χ1v) is 10.5. The van der Waals surface area contributed by atoms with Gasteiger partial charge in [0, 0.05) is 11.1 Å². The highest BCUT2D eigenvalue weighted by molar-refractivity contribution is 6.30. The molecule has 4 bridgehead atoms. The highest BCUT2D eigenvalue weighted by atomic mass is 35.5. The number of carbonyl (C=O) groups is 2. The molecule has 1 amide bonds. The van der Waals surface area contributed by atoms with Crippen molar-refractivity contribution in [2.24, 2.45) is 23.2 Å². The summed E-state index contributed by atoms with van der Waals surface area (Å²) in [4.78, 5) is 24.4. The maximum absolute atomic E-state index is 13.0. The molecule has 0 heterocycles. The van der Waals surface area contributed by atoms with Gasteiger partial charge >= 0.3 is 5.97 Å². The van der Waals surface area contributed by atoms with E-state index in [0.717, 1.165) is 32.1 Å². The van der Waals surface area contributed by atoms with Crippen molar-refractivity contribution in [3.8, 4) is 5.75 Å². The molecule has 1 aromatic carbocycles. The van der Waals surface area contributed by atoms with Gasteiger partial charge in [0.15, 0.2) is 5.60 Å². The number of benzene rings is 1. The van der Waals surface area contributed by atoms with E-state index in [4.69, 9.17) is 16.3 Å². The van der Waals surface area contributed by atoms with Crippen molar-refractivity contribution in [1.82, 2.24) is 5.32 Å². The van der Waals surface area contributed by atoms with Crippen LogP contribution in [0.2, 0.25) is 5.02 Å². The van der Waals surface area contributed by atoms with Gasteiger partial charge in [-0.1, -0.05) is 11.6 Å². The zero-order valence-corrected chi connectivity index (χ0v) is 17.2. The van der Waals surface area contributed by atoms with Crippen molar-refractivity contribution in [3.63, 3.8) is 0 Å². The van der Waals surface area contributed by atoms with Gasteiger partial charge in [0.05, 0.1) is 6.42 Å². The van der Waals surface area contributed by atoms with E-state index < -0.39 is 11.6 Å². The molecule has 28 heavy (non-hydrogen) atoms. The summed E-state index contributed by atoms with van der Waals surface area (Å²) < 4.78 is 5.94. The van der Waals surface area contributed by atoms with E-state index in [1.54, 1.807) is 38.1 Å². The second kappa shape index (κ2) is 6.94. The Balaban J connectivity index is 1.43. The van der Waals surface area contributed by atoms with Gasteiger partial charge in [0.1, 0.15) is 5.75 Å². The van der Waals surface area contributed by atoms with E-state index in [9.17, 15) is 14.7 Å². The van der Waals surface area contributed by atoms with Crippen LogP contribution in [0.15, 0.2) is 24.3 Å². The Labute approximate surface area is 170 Å². The summed E-state index contributed by atoms with van der Waals surface area (Å²) in [6.07, 6.45) is 5.33. The number of carbonyl (C=O) groups excluding carboxylic acids is 1. The summed E-state index contributed by atoms with van der Waals surface area (Å²) >= 11 is 5.92. The molecule has 5 rings (SSSR count). The normalized spacial score (nSPS) is 33.5. The van der Waals surface area contributed by atoms with Gasteiger partial charge in [0.2, 0.25) is 0 Å². The smallest absolute Gasteiger partial charge is 0.303 e. The first kappa shape index (κ1) is 19.6. The van der Waals surface area contributed by atoms with Crippen LogP contribution in [-0.4, -0.2) is 28.6 Å². The second-order valence-electron chi connectivity index (χ2n) is 9.61. The number of amides is 1. The van der Waals surface area contributed by atoms with E-state index in [-0.39, 0.29) is 23.8 Å². The molecule has 6 heteroatoms. The highest BCUT2D eigenvalue weighted by Gasteiger charge is 2.56. The lowest BCUT2D eigenvalue weighted by Gasteiger charge is -2.60. The molecule has 4 aliphatic carbocycles. The van der Waals surface area contributed by atoms with Crippen LogP contribution in [0.5, 0.6) is 5.75 Å². The predicted molar refractivity (Wildman–Crippen MR) is 106 cm³/mol. The van der Waals surface area contributed by atoms with Gasteiger partial charge < -0.3 is 15.2 Å². The number of halogens is 1. The fourth-order valence-corrected chi connectivity index (χ4v) is 6.26. The summed E-state index contributed by atoms with van der Waals surface area (Å²) in [5.74, 6) is 1.16. The minimum atomic E-state index is -0.999. The van der Waals surface area contributed by atoms with E-state index in [2.05, 4.69) is 5.32 Å². The van der Waals surface area contributed by atoms with Gasteiger partial charge in [-0.3, -0.25) is 9.59 Å². The van der Waals surface area contributed by atoms with Crippen LogP contribution in [0.25, 0.3) is 0 Å². The molecule has 4 saturated carbocycles. The number of hydrogen-bond donors (Lipinski definition) is 2. The van der Waals surface area contributed by atoms with Crippen molar-refractivity contribution < 1.29 is 19.4 Å². The molecule has 0 spiro atoms. The third-order valence-electron chi connectivity index (χ3n) is 6.96. The molecular formula is C22H28ClNO4. The molecule has 4 fully saturated rings. The van der Waals surface area contributed by atoms with E-state index >= 15 is 0 Å². The van der Waals surface area contributed by atoms with E-state index in [1.165, 1.54) is 0 Å². The Morgan fingerprint density at radius 1 is 1.18 bits per heavy atom. The zero-order chi connectivity index (χ0) is 20.1. The SMILES string of the molecule is CC(C)(Oc1ccc(Cl)cc1)C(=O)NC1C2CC3CC1CC(CC(=O)O)(C3)C2. The Kier molecular flexibility index (Phi) is 4.85.